The average Bonchev–Trinajstić information content (AvgIpc) is 2.30. The van der Waals surface area contributed by atoms with Crippen molar-refractivity contribution < 1.29 is 0 Å². The third kappa shape index (κ3) is 3.85. The maximum atomic E-state index is 5.56. The molecule has 4 heteroatoms. The first-order chi connectivity index (χ1) is 6.90. The highest BCUT2D eigenvalue weighted by atomic mass is 35.5. The van der Waals surface area contributed by atoms with E-state index in [1.165, 1.54) is 43.6 Å². The van der Waals surface area contributed by atoms with E-state index >= 15 is 0 Å². The highest BCUT2D eigenvalue weighted by molar-refractivity contribution is 5.85. The first-order valence-electron chi connectivity index (χ1n) is 5.44. The first-order valence-corrected chi connectivity index (χ1v) is 5.44. The molecule has 0 amide bonds. The van der Waals surface area contributed by atoms with Gasteiger partial charge >= 0.3 is 0 Å². The van der Waals surface area contributed by atoms with Crippen molar-refractivity contribution in [2.75, 3.05) is 18.0 Å². The van der Waals surface area contributed by atoms with Gasteiger partial charge in [0.25, 0.3) is 0 Å². The maximum absolute atomic E-state index is 5.56. The summed E-state index contributed by atoms with van der Waals surface area (Å²) in [5, 5.41) is 0. The summed E-state index contributed by atoms with van der Waals surface area (Å²) in [4.78, 5) is 2.46. The largest absolute Gasteiger partial charge is 0.372 e. The number of hydrogen-bond acceptors (Lipinski definition) is 2. The van der Waals surface area contributed by atoms with Gasteiger partial charge in [0.1, 0.15) is 0 Å². The summed E-state index contributed by atoms with van der Waals surface area (Å²) < 4.78 is 0. The number of piperidine rings is 1. The minimum Gasteiger partial charge on any atom is -0.372 e. The molecule has 1 aliphatic rings. The van der Waals surface area contributed by atoms with E-state index in [1.54, 1.807) is 0 Å². The van der Waals surface area contributed by atoms with Crippen LogP contribution in [0.3, 0.4) is 0 Å². The predicted molar refractivity (Wildman–Crippen MR) is 74.9 cm³/mol. The Hall–Kier alpha value is -0.440. The highest BCUT2D eigenvalue weighted by Gasteiger charge is 2.09. The van der Waals surface area contributed by atoms with Crippen molar-refractivity contribution in [2.24, 2.45) is 5.73 Å². The van der Waals surface area contributed by atoms with Gasteiger partial charge in [-0.3, -0.25) is 0 Å². The number of hydrogen-bond donors (Lipinski definition) is 1. The molecule has 2 rings (SSSR count). The number of benzene rings is 1. The van der Waals surface area contributed by atoms with E-state index in [0.29, 0.717) is 6.54 Å². The van der Waals surface area contributed by atoms with Crippen LogP contribution < -0.4 is 10.6 Å². The fraction of sp³-hybridized carbons (Fsp3) is 0.500. The molecule has 2 nitrogen and oxygen atoms in total. The lowest BCUT2D eigenvalue weighted by atomic mass is 10.1. The molecular weight excluding hydrogens is 243 g/mol. The summed E-state index contributed by atoms with van der Waals surface area (Å²) in [7, 11) is 0. The normalized spacial score (nSPS) is 14.9. The lowest BCUT2D eigenvalue weighted by molar-refractivity contribution is 0.578. The number of nitrogens with zero attached hydrogens (tertiary/aromatic N) is 1. The molecule has 0 aliphatic carbocycles. The topological polar surface area (TPSA) is 29.3 Å². The molecule has 0 unspecified atom stereocenters. The second kappa shape index (κ2) is 7.77. The molecular formula is C12H20Cl2N2. The summed E-state index contributed by atoms with van der Waals surface area (Å²) in [6.07, 6.45) is 4.05. The zero-order valence-electron chi connectivity index (χ0n) is 9.39. The first kappa shape index (κ1) is 15.6. The third-order valence-electron chi connectivity index (χ3n) is 2.89. The van der Waals surface area contributed by atoms with Gasteiger partial charge < -0.3 is 10.6 Å². The van der Waals surface area contributed by atoms with Crippen molar-refractivity contribution in [2.45, 2.75) is 25.8 Å². The smallest absolute Gasteiger partial charge is 0.0366 e. The number of halogens is 2. The summed E-state index contributed by atoms with van der Waals surface area (Å²) in [6.45, 7) is 3.06. The van der Waals surface area contributed by atoms with Crippen molar-refractivity contribution in [3.63, 3.8) is 0 Å². The molecule has 1 aromatic rings. The Morgan fingerprint density at radius 2 is 1.50 bits per heavy atom. The molecule has 0 spiro atoms. The molecule has 1 saturated heterocycles. The molecule has 0 bridgehead atoms. The SMILES string of the molecule is Cl.Cl.NCc1ccc(N2CCCCC2)cc1. The standard InChI is InChI=1S/C12H18N2.2ClH/c13-10-11-4-6-12(7-5-11)14-8-2-1-3-9-14;;/h4-7H,1-3,8-10,13H2;2*1H. The Labute approximate surface area is 110 Å². The van der Waals surface area contributed by atoms with E-state index in [9.17, 15) is 0 Å². The second-order valence-electron chi connectivity index (χ2n) is 3.92. The van der Waals surface area contributed by atoms with Gasteiger partial charge in [-0.25, -0.2) is 0 Å². The van der Waals surface area contributed by atoms with Crippen molar-refractivity contribution in [3.8, 4) is 0 Å². The molecule has 0 radical (unpaired) electrons. The maximum Gasteiger partial charge on any atom is 0.0366 e. The zero-order valence-corrected chi connectivity index (χ0v) is 11.0. The van der Waals surface area contributed by atoms with Crippen LogP contribution in [0.15, 0.2) is 24.3 Å². The van der Waals surface area contributed by atoms with Crippen LogP contribution in [0.4, 0.5) is 5.69 Å². The second-order valence-corrected chi connectivity index (χ2v) is 3.92. The van der Waals surface area contributed by atoms with Crippen molar-refractivity contribution in [1.82, 2.24) is 0 Å². The van der Waals surface area contributed by atoms with E-state index in [4.69, 9.17) is 5.73 Å². The van der Waals surface area contributed by atoms with Crippen LogP contribution in [0.25, 0.3) is 0 Å². The van der Waals surface area contributed by atoms with E-state index < -0.39 is 0 Å². The predicted octanol–water partition coefficient (Wildman–Crippen LogP) is 2.98. The minimum atomic E-state index is 0. The van der Waals surface area contributed by atoms with Crippen LogP contribution in [0.2, 0.25) is 0 Å². The zero-order chi connectivity index (χ0) is 9.80. The lowest BCUT2D eigenvalue weighted by Gasteiger charge is -2.28. The quantitative estimate of drug-likeness (QED) is 0.888. The molecule has 1 heterocycles. The Kier molecular flexibility index (Phi) is 7.56. The molecule has 1 aliphatic heterocycles. The van der Waals surface area contributed by atoms with Gasteiger partial charge in [0.05, 0.1) is 0 Å². The molecule has 92 valence electrons. The van der Waals surface area contributed by atoms with Crippen molar-refractivity contribution >= 4 is 30.5 Å². The summed E-state index contributed by atoms with van der Waals surface area (Å²) >= 11 is 0. The number of anilines is 1. The van der Waals surface area contributed by atoms with Gasteiger partial charge in [0.15, 0.2) is 0 Å². The molecule has 16 heavy (non-hydrogen) atoms. The summed E-state index contributed by atoms with van der Waals surface area (Å²) in [5.74, 6) is 0. The summed E-state index contributed by atoms with van der Waals surface area (Å²) in [5.41, 5.74) is 8.13. The molecule has 0 atom stereocenters. The van der Waals surface area contributed by atoms with E-state index in [2.05, 4.69) is 29.2 Å². The third-order valence-corrected chi connectivity index (χ3v) is 2.89. The lowest BCUT2D eigenvalue weighted by Crippen LogP contribution is -2.29. The minimum absolute atomic E-state index is 0. The van der Waals surface area contributed by atoms with Crippen LogP contribution in [0, 0.1) is 0 Å². The fourth-order valence-electron chi connectivity index (χ4n) is 1.99. The van der Waals surface area contributed by atoms with Gasteiger partial charge in [-0.15, -0.1) is 24.8 Å². The van der Waals surface area contributed by atoms with E-state index in [0.717, 1.165) is 0 Å². The van der Waals surface area contributed by atoms with Gasteiger partial charge in [-0.1, -0.05) is 12.1 Å². The Bertz CT molecular complexity index is 282. The Balaban J connectivity index is 0.00000112. The molecule has 2 N–H and O–H groups in total. The number of rotatable bonds is 2. The van der Waals surface area contributed by atoms with Gasteiger partial charge in [0, 0.05) is 25.3 Å². The van der Waals surface area contributed by atoms with E-state index in [1.807, 2.05) is 0 Å². The Morgan fingerprint density at radius 3 is 2.00 bits per heavy atom. The van der Waals surface area contributed by atoms with Crippen LogP contribution in [0.1, 0.15) is 24.8 Å². The van der Waals surface area contributed by atoms with Crippen LogP contribution in [-0.4, -0.2) is 13.1 Å². The Morgan fingerprint density at radius 1 is 0.938 bits per heavy atom. The van der Waals surface area contributed by atoms with Crippen molar-refractivity contribution in [1.29, 1.82) is 0 Å². The van der Waals surface area contributed by atoms with Gasteiger partial charge in [-0.05, 0) is 37.0 Å². The van der Waals surface area contributed by atoms with E-state index in [-0.39, 0.29) is 24.8 Å². The monoisotopic (exact) mass is 262 g/mol. The average molecular weight is 263 g/mol. The molecule has 1 aromatic carbocycles. The number of nitrogens with two attached hydrogens (primary N) is 1. The summed E-state index contributed by atoms with van der Waals surface area (Å²) in [6, 6.07) is 8.63. The van der Waals surface area contributed by atoms with Gasteiger partial charge in [-0.2, -0.15) is 0 Å². The van der Waals surface area contributed by atoms with Crippen LogP contribution >= 0.6 is 24.8 Å². The van der Waals surface area contributed by atoms with Crippen molar-refractivity contribution in [3.05, 3.63) is 29.8 Å². The highest BCUT2D eigenvalue weighted by Crippen LogP contribution is 2.19. The molecule has 1 fully saturated rings. The fourth-order valence-corrected chi connectivity index (χ4v) is 1.99. The van der Waals surface area contributed by atoms with Crippen LogP contribution in [0.5, 0.6) is 0 Å². The molecule has 0 aromatic heterocycles. The van der Waals surface area contributed by atoms with Crippen LogP contribution in [-0.2, 0) is 6.54 Å². The molecule has 0 saturated carbocycles. The van der Waals surface area contributed by atoms with Gasteiger partial charge in [0.2, 0.25) is 0 Å².